The molecule has 0 aliphatic carbocycles. The van der Waals surface area contributed by atoms with Crippen LogP contribution in [-0.4, -0.2) is 96.7 Å². The van der Waals surface area contributed by atoms with Crippen LogP contribution in [0.25, 0.3) is 0 Å². The smallest absolute Gasteiger partial charge is 0.462 e. The second kappa shape index (κ2) is 75.9. The summed E-state index contributed by atoms with van der Waals surface area (Å²) in [5.41, 5.74) is 0. The SMILES string of the molecule is CCCCCCCCCCCCCCCCCCCCCCCC(=O)O[C@H](COC(=O)CCCCCCCCCCCCCCCCCCCC)COP(=O)(O)OC[C@@H](O)COP(=O)(O)OC[C@@H](COC(=O)CCCCCCCCCCC)OC(=O)CCCCCCCCCCCCC(C)CC. The highest BCUT2D eigenvalue weighted by Gasteiger charge is 2.30. The van der Waals surface area contributed by atoms with Crippen molar-refractivity contribution in [1.82, 2.24) is 0 Å². The number of aliphatic hydroxyl groups is 1. The molecule has 606 valence electrons. The molecule has 0 aliphatic heterocycles. The lowest BCUT2D eigenvalue weighted by Gasteiger charge is -2.21. The van der Waals surface area contributed by atoms with E-state index in [0.717, 1.165) is 95.8 Å². The zero-order chi connectivity index (χ0) is 74.8. The van der Waals surface area contributed by atoms with E-state index in [1.807, 2.05) is 0 Å². The van der Waals surface area contributed by atoms with Gasteiger partial charge in [0.25, 0.3) is 0 Å². The minimum absolute atomic E-state index is 0.107. The van der Waals surface area contributed by atoms with E-state index in [4.69, 9.17) is 37.0 Å². The van der Waals surface area contributed by atoms with E-state index in [1.165, 1.54) is 270 Å². The minimum atomic E-state index is -4.96. The van der Waals surface area contributed by atoms with Crippen molar-refractivity contribution in [2.45, 2.75) is 464 Å². The molecule has 0 saturated carbocycles. The number of phosphoric acid groups is 2. The Morgan fingerprint density at radius 2 is 0.471 bits per heavy atom. The normalized spacial score (nSPS) is 14.1. The maximum atomic E-state index is 13.1. The topological polar surface area (TPSA) is 237 Å². The van der Waals surface area contributed by atoms with Gasteiger partial charge in [-0.2, -0.15) is 0 Å². The van der Waals surface area contributed by atoms with E-state index in [2.05, 4.69) is 34.6 Å². The summed E-state index contributed by atoms with van der Waals surface area (Å²) in [6.45, 7) is 7.35. The van der Waals surface area contributed by atoms with E-state index in [1.54, 1.807) is 0 Å². The van der Waals surface area contributed by atoms with E-state index >= 15 is 0 Å². The number of carbonyl (C=O) groups is 4. The second-order valence-electron chi connectivity index (χ2n) is 30.1. The van der Waals surface area contributed by atoms with Crippen LogP contribution in [0.1, 0.15) is 446 Å². The minimum Gasteiger partial charge on any atom is -0.462 e. The third-order valence-corrected chi connectivity index (χ3v) is 21.8. The predicted molar refractivity (Wildman–Crippen MR) is 418 cm³/mol. The van der Waals surface area contributed by atoms with Crippen molar-refractivity contribution in [3.63, 3.8) is 0 Å². The van der Waals surface area contributed by atoms with Gasteiger partial charge in [0.15, 0.2) is 12.2 Å². The Labute approximate surface area is 626 Å². The van der Waals surface area contributed by atoms with Crippen molar-refractivity contribution in [2.75, 3.05) is 39.6 Å². The highest BCUT2D eigenvalue weighted by molar-refractivity contribution is 7.47. The van der Waals surface area contributed by atoms with Crippen molar-refractivity contribution >= 4 is 39.5 Å². The van der Waals surface area contributed by atoms with E-state index < -0.39 is 97.5 Å². The highest BCUT2D eigenvalue weighted by atomic mass is 31.2. The number of hydrogen-bond donors (Lipinski definition) is 3. The number of phosphoric ester groups is 2. The summed E-state index contributed by atoms with van der Waals surface area (Å²) in [6.07, 6.45) is 68.1. The Kier molecular flexibility index (Phi) is 74.4. The molecule has 0 saturated heterocycles. The fourth-order valence-electron chi connectivity index (χ4n) is 12.9. The molecule has 19 heteroatoms. The first-order valence-corrected chi connectivity index (χ1v) is 46.2. The van der Waals surface area contributed by atoms with Crippen LogP contribution >= 0.6 is 15.6 Å². The molecule has 6 atom stereocenters. The van der Waals surface area contributed by atoms with Gasteiger partial charge in [0.1, 0.15) is 19.3 Å². The van der Waals surface area contributed by atoms with Gasteiger partial charge >= 0.3 is 39.5 Å². The van der Waals surface area contributed by atoms with Crippen LogP contribution in [0.3, 0.4) is 0 Å². The average Bonchev–Trinajstić information content (AvgIpc) is 0.916. The molecular formula is C83H162O17P2. The molecule has 0 aliphatic rings. The summed E-state index contributed by atoms with van der Waals surface area (Å²) in [4.78, 5) is 73.0. The largest absolute Gasteiger partial charge is 0.472 e. The molecule has 0 bridgehead atoms. The van der Waals surface area contributed by atoms with Gasteiger partial charge in [-0.3, -0.25) is 37.3 Å². The van der Waals surface area contributed by atoms with Crippen molar-refractivity contribution in [2.24, 2.45) is 5.92 Å². The van der Waals surface area contributed by atoms with Crippen molar-refractivity contribution < 1.29 is 80.2 Å². The first kappa shape index (κ1) is 100. The number of esters is 4. The molecule has 0 heterocycles. The van der Waals surface area contributed by atoms with Gasteiger partial charge in [0.05, 0.1) is 26.4 Å². The Bertz CT molecular complexity index is 1950. The molecule has 0 aromatic carbocycles. The summed E-state index contributed by atoms with van der Waals surface area (Å²) in [5, 5.41) is 10.6. The van der Waals surface area contributed by atoms with Crippen LogP contribution in [0.5, 0.6) is 0 Å². The number of unbranched alkanes of at least 4 members (excludes halogenated alkanes) is 54. The summed E-state index contributed by atoms with van der Waals surface area (Å²) in [7, 11) is -9.92. The molecule has 0 rings (SSSR count). The fourth-order valence-corrected chi connectivity index (χ4v) is 14.5. The maximum absolute atomic E-state index is 13.1. The molecule has 0 amide bonds. The van der Waals surface area contributed by atoms with Gasteiger partial charge in [-0.25, -0.2) is 9.13 Å². The standard InChI is InChI=1S/C83H162O17P2/c1-6-10-13-16-19-22-24-26-28-30-32-33-34-36-38-40-42-48-53-58-63-68-82(87)99-79(73-94-81(86)67-62-57-52-47-41-39-37-35-31-29-27-25-23-20-17-14-11-7-2)75-98-102(91,92)96-71-77(84)70-95-101(89,90)97-74-78(72-93-80(85)66-61-56-51-45-21-18-15-12-8-3)100-83(88)69-64-59-54-49-44-43-46-50-55-60-65-76(5)9-4/h76-79,84H,6-75H2,1-5H3,(H,89,90)(H,91,92)/t76?,77-,78+,79+/m0/s1. The molecule has 0 radical (unpaired) electrons. The van der Waals surface area contributed by atoms with Crippen molar-refractivity contribution in [3.05, 3.63) is 0 Å². The van der Waals surface area contributed by atoms with Gasteiger partial charge in [-0.15, -0.1) is 0 Å². The third kappa shape index (κ3) is 74.9. The van der Waals surface area contributed by atoms with E-state index in [-0.39, 0.29) is 25.7 Å². The highest BCUT2D eigenvalue weighted by Crippen LogP contribution is 2.45. The third-order valence-electron chi connectivity index (χ3n) is 19.9. The number of aliphatic hydroxyl groups excluding tert-OH is 1. The molecule has 0 aromatic rings. The van der Waals surface area contributed by atoms with Crippen molar-refractivity contribution in [3.8, 4) is 0 Å². The molecule has 17 nitrogen and oxygen atoms in total. The van der Waals surface area contributed by atoms with Gasteiger partial charge in [0, 0.05) is 25.7 Å². The van der Waals surface area contributed by atoms with Crippen LogP contribution in [0.15, 0.2) is 0 Å². The molecule has 3 unspecified atom stereocenters. The maximum Gasteiger partial charge on any atom is 0.472 e. The Hall–Kier alpha value is -1.94. The van der Waals surface area contributed by atoms with Gasteiger partial charge in [-0.05, 0) is 31.6 Å². The summed E-state index contributed by atoms with van der Waals surface area (Å²) in [6, 6.07) is 0. The van der Waals surface area contributed by atoms with Crippen LogP contribution < -0.4 is 0 Å². The Morgan fingerprint density at radius 3 is 0.696 bits per heavy atom. The number of hydrogen-bond acceptors (Lipinski definition) is 15. The number of ether oxygens (including phenoxy) is 4. The zero-order valence-corrected chi connectivity index (χ0v) is 68.5. The molecule has 0 aromatic heterocycles. The van der Waals surface area contributed by atoms with Gasteiger partial charge in [-0.1, -0.05) is 394 Å². The zero-order valence-electron chi connectivity index (χ0n) is 66.8. The lowest BCUT2D eigenvalue weighted by Crippen LogP contribution is -2.30. The number of rotatable bonds is 83. The molecule has 3 N–H and O–H groups in total. The van der Waals surface area contributed by atoms with E-state index in [0.29, 0.717) is 25.7 Å². The van der Waals surface area contributed by atoms with Gasteiger partial charge in [0.2, 0.25) is 0 Å². The fraction of sp³-hybridized carbons (Fsp3) is 0.952. The number of carbonyl (C=O) groups excluding carboxylic acids is 4. The van der Waals surface area contributed by atoms with Crippen LogP contribution in [0, 0.1) is 5.92 Å². The lowest BCUT2D eigenvalue weighted by molar-refractivity contribution is -0.161. The van der Waals surface area contributed by atoms with E-state index in [9.17, 15) is 43.2 Å². The molecule has 0 fully saturated rings. The van der Waals surface area contributed by atoms with Gasteiger partial charge < -0.3 is 33.8 Å². The van der Waals surface area contributed by atoms with Crippen molar-refractivity contribution in [1.29, 1.82) is 0 Å². The monoisotopic (exact) mass is 1490 g/mol. The van der Waals surface area contributed by atoms with Crippen LogP contribution in [0.2, 0.25) is 0 Å². The quantitative estimate of drug-likeness (QED) is 0.0222. The lowest BCUT2D eigenvalue weighted by atomic mass is 9.99. The van der Waals surface area contributed by atoms with Crippen LogP contribution in [-0.2, 0) is 65.4 Å². The predicted octanol–water partition coefficient (Wildman–Crippen LogP) is 25.2. The second-order valence-corrected chi connectivity index (χ2v) is 33.0. The Morgan fingerprint density at radius 1 is 0.275 bits per heavy atom. The summed E-state index contributed by atoms with van der Waals surface area (Å²) >= 11 is 0. The first-order valence-electron chi connectivity index (χ1n) is 43.2. The summed E-state index contributed by atoms with van der Waals surface area (Å²) < 4.78 is 68.7. The average molecular weight is 1490 g/mol. The van der Waals surface area contributed by atoms with Crippen LogP contribution in [0.4, 0.5) is 0 Å². The molecule has 0 spiro atoms. The summed E-state index contributed by atoms with van der Waals surface area (Å²) in [5.74, 6) is -1.30. The first-order chi connectivity index (χ1) is 49.6. The Balaban J connectivity index is 5.21. The molecular weight excluding hydrogens is 1330 g/mol. The molecule has 102 heavy (non-hydrogen) atoms.